The van der Waals surface area contributed by atoms with Crippen molar-refractivity contribution in [2.24, 2.45) is 10.8 Å². The fraction of sp³-hybridized carbons (Fsp3) is 0.385. The molecule has 0 heterocycles. The summed E-state index contributed by atoms with van der Waals surface area (Å²) in [7, 11) is 0. The molecule has 0 N–H and O–H groups in total. The molecule has 2 aliphatic rings. The van der Waals surface area contributed by atoms with Gasteiger partial charge in [0.1, 0.15) is 0 Å². The molecule has 0 atom stereocenters. The van der Waals surface area contributed by atoms with Crippen LogP contribution in [0.1, 0.15) is 20.3 Å². The van der Waals surface area contributed by atoms with Crippen molar-refractivity contribution in [2.45, 2.75) is 20.3 Å². The maximum absolute atomic E-state index is 2.45. The van der Waals surface area contributed by atoms with Crippen LogP contribution in [-0.4, -0.2) is 0 Å². The highest BCUT2D eigenvalue weighted by atomic mass is 14.6. The van der Waals surface area contributed by atoms with E-state index in [1.807, 2.05) is 0 Å². The van der Waals surface area contributed by atoms with Gasteiger partial charge < -0.3 is 0 Å². The van der Waals surface area contributed by atoms with Crippen molar-refractivity contribution in [2.75, 3.05) is 0 Å². The van der Waals surface area contributed by atoms with Gasteiger partial charge in [-0.3, -0.25) is 0 Å². The quantitative estimate of drug-likeness (QED) is 0.555. The fourth-order valence-corrected chi connectivity index (χ4v) is 2.55. The topological polar surface area (TPSA) is 0 Å². The molecule has 0 radical (unpaired) electrons. The minimum Gasteiger partial charge on any atom is -0.0661 e. The Balaban J connectivity index is 2.27. The molecule has 2 aliphatic carbocycles. The van der Waals surface area contributed by atoms with E-state index in [-0.39, 0.29) is 0 Å². The molecule has 1 saturated carbocycles. The lowest BCUT2D eigenvalue weighted by molar-refractivity contribution is 0.578. The van der Waals surface area contributed by atoms with Gasteiger partial charge in [-0.05, 0) is 22.3 Å². The molecule has 0 bridgehead atoms. The Kier molecular flexibility index (Phi) is 1.07. The molecular weight excluding hydrogens is 156 g/mol. The predicted octanol–water partition coefficient (Wildman–Crippen LogP) is 1.68. The summed E-state index contributed by atoms with van der Waals surface area (Å²) in [6.45, 7) is 4.71. The SMILES string of the molecule is CC1(C)CC12C=c1ccccc1=C2. The highest BCUT2D eigenvalue weighted by Crippen LogP contribution is 2.66. The van der Waals surface area contributed by atoms with Crippen LogP contribution in [0.25, 0.3) is 12.2 Å². The standard InChI is InChI=1S/C13H14/c1-12(2)9-13(12)7-10-5-3-4-6-11(10)8-13/h3-8H,9H2,1-2H3. The number of rotatable bonds is 0. The summed E-state index contributed by atoms with van der Waals surface area (Å²) in [6.07, 6.45) is 6.21. The van der Waals surface area contributed by atoms with Crippen LogP contribution in [0.4, 0.5) is 0 Å². The zero-order chi connectivity index (χ0) is 9.10. The molecule has 0 unspecified atom stereocenters. The van der Waals surface area contributed by atoms with Gasteiger partial charge in [0.2, 0.25) is 0 Å². The maximum atomic E-state index is 2.45. The van der Waals surface area contributed by atoms with Crippen molar-refractivity contribution in [1.82, 2.24) is 0 Å². The normalized spacial score (nSPS) is 24.8. The van der Waals surface area contributed by atoms with Crippen LogP contribution in [0.5, 0.6) is 0 Å². The van der Waals surface area contributed by atoms with Crippen LogP contribution < -0.4 is 10.4 Å². The number of fused-ring (bicyclic) bond motifs is 1. The number of benzene rings is 1. The van der Waals surface area contributed by atoms with Crippen molar-refractivity contribution >= 4 is 12.2 Å². The molecular formula is C13H14. The molecule has 0 nitrogen and oxygen atoms in total. The first kappa shape index (κ1) is 7.37. The van der Waals surface area contributed by atoms with Gasteiger partial charge in [-0.2, -0.15) is 0 Å². The molecule has 1 aromatic rings. The van der Waals surface area contributed by atoms with Crippen molar-refractivity contribution < 1.29 is 0 Å². The van der Waals surface area contributed by atoms with E-state index in [0.717, 1.165) is 0 Å². The summed E-state index contributed by atoms with van der Waals surface area (Å²) in [5, 5.41) is 2.85. The Morgan fingerprint density at radius 1 is 1.00 bits per heavy atom. The van der Waals surface area contributed by atoms with E-state index in [1.165, 1.54) is 16.9 Å². The van der Waals surface area contributed by atoms with Gasteiger partial charge in [-0.15, -0.1) is 0 Å². The highest BCUT2D eigenvalue weighted by molar-refractivity contribution is 5.64. The minimum absolute atomic E-state index is 0.399. The second-order valence-corrected chi connectivity index (χ2v) is 5.02. The largest absolute Gasteiger partial charge is 0.0661 e. The summed E-state index contributed by atoms with van der Waals surface area (Å²) < 4.78 is 0. The third-order valence-electron chi connectivity index (χ3n) is 3.69. The Morgan fingerprint density at radius 3 is 1.85 bits per heavy atom. The van der Waals surface area contributed by atoms with Crippen molar-refractivity contribution in [3.63, 3.8) is 0 Å². The molecule has 3 rings (SSSR count). The Labute approximate surface area is 78.6 Å². The second kappa shape index (κ2) is 1.89. The van der Waals surface area contributed by atoms with E-state index in [9.17, 15) is 0 Å². The van der Waals surface area contributed by atoms with E-state index >= 15 is 0 Å². The van der Waals surface area contributed by atoms with Gasteiger partial charge in [0, 0.05) is 5.41 Å². The van der Waals surface area contributed by atoms with Crippen molar-refractivity contribution in [1.29, 1.82) is 0 Å². The lowest BCUT2D eigenvalue weighted by atomic mass is 9.97. The molecule has 13 heavy (non-hydrogen) atoms. The molecule has 0 aromatic heterocycles. The Morgan fingerprint density at radius 2 is 1.46 bits per heavy atom. The maximum Gasteiger partial charge on any atom is 0.0136 e. The molecule has 66 valence electrons. The highest BCUT2D eigenvalue weighted by Gasteiger charge is 2.58. The van der Waals surface area contributed by atoms with Crippen LogP contribution in [0, 0.1) is 10.8 Å². The smallest absolute Gasteiger partial charge is 0.0136 e. The van der Waals surface area contributed by atoms with Gasteiger partial charge >= 0.3 is 0 Å². The summed E-state index contributed by atoms with van der Waals surface area (Å²) in [5.74, 6) is 0. The van der Waals surface area contributed by atoms with Gasteiger partial charge in [0.05, 0.1) is 0 Å². The first-order valence-corrected chi connectivity index (χ1v) is 4.94. The van der Waals surface area contributed by atoms with Crippen LogP contribution in [-0.2, 0) is 0 Å². The summed E-state index contributed by atoms with van der Waals surface area (Å²) in [6, 6.07) is 8.68. The first-order valence-electron chi connectivity index (χ1n) is 4.94. The average molecular weight is 170 g/mol. The predicted molar refractivity (Wildman–Crippen MR) is 55.5 cm³/mol. The van der Waals surface area contributed by atoms with E-state index in [4.69, 9.17) is 0 Å². The minimum atomic E-state index is 0.399. The van der Waals surface area contributed by atoms with Crippen LogP contribution in [0.2, 0.25) is 0 Å². The van der Waals surface area contributed by atoms with Crippen LogP contribution >= 0.6 is 0 Å². The Hall–Kier alpha value is -1.04. The molecule has 0 saturated heterocycles. The first-order chi connectivity index (χ1) is 6.13. The summed E-state index contributed by atoms with van der Waals surface area (Å²) in [4.78, 5) is 0. The van der Waals surface area contributed by atoms with Crippen molar-refractivity contribution in [3.8, 4) is 0 Å². The molecule has 1 fully saturated rings. The average Bonchev–Trinajstić information content (AvgIpc) is 2.46. The molecule has 1 aromatic carbocycles. The molecule has 0 heteroatoms. The van der Waals surface area contributed by atoms with Crippen molar-refractivity contribution in [3.05, 3.63) is 34.7 Å². The third-order valence-corrected chi connectivity index (χ3v) is 3.69. The van der Waals surface area contributed by atoms with Gasteiger partial charge in [0.25, 0.3) is 0 Å². The zero-order valence-corrected chi connectivity index (χ0v) is 8.17. The van der Waals surface area contributed by atoms with Crippen LogP contribution in [0.3, 0.4) is 0 Å². The van der Waals surface area contributed by atoms with E-state index in [2.05, 4.69) is 50.3 Å². The zero-order valence-electron chi connectivity index (χ0n) is 8.17. The summed E-state index contributed by atoms with van der Waals surface area (Å²) in [5.41, 5.74) is 0.892. The van der Waals surface area contributed by atoms with E-state index in [0.29, 0.717) is 10.8 Å². The van der Waals surface area contributed by atoms with E-state index < -0.39 is 0 Å². The lowest BCUT2D eigenvalue weighted by Gasteiger charge is -2.06. The van der Waals surface area contributed by atoms with Gasteiger partial charge in [-0.1, -0.05) is 50.3 Å². The number of hydrogen-bond donors (Lipinski definition) is 0. The summed E-state index contributed by atoms with van der Waals surface area (Å²) >= 11 is 0. The molecule has 1 spiro atoms. The molecule has 0 amide bonds. The lowest BCUT2D eigenvalue weighted by Crippen LogP contribution is -2.19. The third kappa shape index (κ3) is 0.810. The second-order valence-electron chi connectivity index (χ2n) is 5.02. The number of hydrogen-bond acceptors (Lipinski definition) is 0. The van der Waals surface area contributed by atoms with Crippen LogP contribution in [0.15, 0.2) is 24.3 Å². The van der Waals surface area contributed by atoms with E-state index in [1.54, 1.807) is 0 Å². The monoisotopic (exact) mass is 170 g/mol. The fourth-order valence-electron chi connectivity index (χ4n) is 2.55. The molecule has 0 aliphatic heterocycles. The Bertz CT molecular complexity index is 442. The van der Waals surface area contributed by atoms with Gasteiger partial charge in [0.15, 0.2) is 0 Å². The van der Waals surface area contributed by atoms with Gasteiger partial charge in [-0.25, -0.2) is 0 Å².